The van der Waals surface area contributed by atoms with Crippen LogP contribution in [0.3, 0.4) is 0 Å². The molecule has 3 heteroatoms. The number of fused-ring (bicyclic) bond motifs is 1. The van der Waals surface area contributed by atoms with Gasteiger partial charge < -0.3 is 0 Å². The maximum atomic E-state index is 4.32. The van der Waals surface area contributed by atoms with Crippen molar-refractivity contribution in [3.8, 4) is 0 Å². The zero-order chi connectivity index (χ0) is 8.39. The first-order chi connectivity index (χ1) is 5.90. The van der Waals surface area contributed by atoms with Crippen LogP contribution in [0, 0.1) is 0 Å². The van der Waals surface area contributed by atoms with E-state index in [1.807, 2.05) is 24.0 Å². The Morgan fingerprint density at radius 3 is 3.42 bits per heavy atom. The van der Waals surface area contributed by atoms with E-state index in [9.17, 15) is 0 Å². The van der Waals surface area contributed by atoms with Gasteiger partial charge in [0.05, 0.1) is 11.1 Å². The van der Waals surface area contributed by atoms with Gasteiger partial charge in [-0.1, -0.05) is 6.07 Å². The van der Waals surface area contributed by atoms with Crippen LogP contribution < -0.4 is 5.32 Å². The fraction of sp³-hybridized carbons (Fsp3) is 0.444. The lowest BCUT2D eigenvalue weighted by atomic mass is 10.1. The minimum Gasteiger partial charge on any atom is -0.299 e. The summed E-state index contributed by atoms with van der Waals surface area (Å²) in [6.07, 6.45) is 5.10. The summed E-state index contributed by atoms with van der Waals surface area (Å²) in [6, 6.07) is 4.19. The molecule has 1 aromatic rings. The highest BCUT2D eigenvalue weighted by Crippen LogP contribution is 2.18. The zero-order valence-corrected chi connectivity index (χ0v) is 7.90. The molecule has 1 aliphatic heterocycles. The maximum Gasteiger partial charge on any atom is 0.0574 e. The van der Waals surface area contributed by atoms with Crippen molar-refractivity contribution in [2.45, 2.75) is 18.3 Å². The predicted octanol–water partition coefficient (Wildman–Crippen LogP) is 1.42. The third-order valence-corrected chi connectivity index (χ3v) is 3.07. The number of rotatable bonds is 1. The molecule has 0 aromatic carbocycles. The highest BCUT2D eigenvalue weighted by Gasteiger charge is 2.16. The van der Waals surface area contributed by atoms with Gasteiger partial charge in [0.25, 0.3) is 0 Å². The molecule has 0 amide bonds. The lowest BCUT2D eigenvalue weighted by Crippen LogP contribution is -2.33. The summed E-state index contributed by atoms with van der Waals surface area (Å²) >= 11 is 1.87. The quantitative estimate of drug-likeness (QED) is 0.707. The van der Waals surface area contributed by atoms with Crippen LogP contribution in [-0.4, -0.2) is 16.6 Å². The third kappa shape index (κ3) is 1.47. The molecular weight excluding hydrogens is 168 g/mol. The van der Waals surface area contributed by atoms with E-state index < -0.39 is 0 Å². The van der Waals surface area contributed by atoms with E-state index >= 15 is 0 Å². The molecule has 64 valence electrons. The van der Waals surface area contributed by atoms with Crippen LogP contribution in [0.4, 0.5) is 0 Å². The topological polar surface area (TPSA) is 24.9 Å². The molecule has 0 bridgehead atoms. The van der Waals surface area contributed by atoms with E-state index in [0.29, 0.717) is 5.37 Å². The molecule has 1 N–H and O–H groups in total. The third-order valence-electron chi connectivity index (χ3n) is 2.17. The van der Waals surface area contributed by atoms with Crippen molar-refractivity contribution >= 4 is 11.8 Å². The summed E-state index contributed by atoms with van der Waals surface area (Å²) in [5, 5.41) is 4.00. The molecule has 1 aliphatic rings. The van der Waals surface area contributed by atoms with Gasteiger partial charge in [-0.25, -0.2) is 0 Å². The molecule has 1 atom stereocenters. The van der Waals surface area contributed by atoms with E-state index in [1.54, 1.807) is 0 Å². The SMILES string of the molecule is CSC1Cc2cccnc2CN1. The first kappa shape index (κ1) is 8.08. The van der Waals surface area contributed by atoms with Crippen LogP contribution >= 0.6 is 11.8 Å². The van der Waals surface area contributed by atoms with Gasteiger partial charge >= 0.3 is 0 Å². The predicted molar refractivity (Wildman–Crippen MR) is 52.1 cm³/mol. The first-order valence-corrected chi connectivity index (χ1v) is 5.38. The second kappa shape index (κ2) is 3.46. The van der Waals surface area contributed by atoms with E-state index in [1.165, 1.54) is 11.3 Å². The summed E-state index contributed by atoms with van der Waals surface area (Å²) in [6.45, 7) is 0.918. The second-order valence-corrected chi connectivity index (χ2v) is 3.96. The Labute approximate surface area is 76.8 Å². The van der Waals surface area contributed by atoms with Crippen LogP contribution in [0.25, 0.3) is 0 Å². The van der Waals surface area contributed by atoms with E-state index in [4.69, 9.17) is 0 Å². The van der Waals surface area contributed by atoms with Crippen molar-refractivity contribution in [3.63, 3.8) is 0 Å². The van der Waals surface area contributed by atoms with Crippen molar-refractivity contribution in [2.75, 3.05) is 6.26 Å². The fourth-order valence-corrected chi connectivity index (χ4v) is 2.06. The Bertz CT molecular complexity index is 275. The van der Waals surface area contributed by atoms with Crippen molar-refractivity contribution in [2.24, 2.45) is 0 Å². The number of hydrogen-bond donors (Lipinski definition) is 1. The lowest BCUT2D eigenvalue weighted by molar-refractivity contribution is 0.592. The van der Waals surface area contributed by atoms with Crippen LogP contribution in [-0.2, 0) is 13.0 Å². The second-order valence-electron chi connectivity index (χ2n) is 2.92. The highest BCUT2D eigenvalue weighted by atomic mass is 32.2. The van der Waals surface area contributed by atoms with Crippen molar-refractivity contribution in [1.29, 1.82) is 0 Å². The van der Waals surface area contributed by atoms with Gasteiger partial charge in [0.2, 0.25) is 0 Å². The monoisotopic (exact) mass is 180 g/mol. The van der Waals surface area contributed by atoms with Gasteiger partial charge in [-0.15, -0.1) is 11.8 Å². The zero-order valence-electron chi connectivity index (χ0n) is 7.08. The summed E-state index contributed by atoms with van der Waals surface area (Å²) in [5.74, 6) is 0. The van der Waals surface area contributed by atoms with Gasteiger partial charge in [-0.05, 0) is 24.3 Å². The number of aromatic nitrogens is 1. The summed E-state index contributed by atoms with van der Waals surface area (Å²) in [7, 11) is 0. The standard InChI is InChI=1S/C9H12N2S/c1-12-9-5-7-3-2-4-10-8(7)6-11-9/h2-4,9,11H,5-6H2,1H3. The van der Waals surface area contributed by atoms with Crippen LogP contribution in [0.15, 0.2) is 18.3 Å². The molecule has 0 spiro atoms. The Morgan fingerprint density at radius 2 is 2.58 bits per heavy atom. The van der Waals surface area contributed by atoms with Gasteiger partial charge in [0, 0.05) is 12.7 Å². The number of nitrogens with one attached hydrogen (secondary N) is 1. The normalized spacial score (nSPS) is 21.9. The molecular formula is C9H12N2S. The summed E-state index contributed by atoms with van der Waals surface area (Å²) < 4.78 is 0. The molecule has 1 unspecified atom stereocenters. The average molecular weight is 180 g/mol. The van der Waals surface area contributed by atoms with Gasteiger partial charge in [-0.2, -0.15) is 0 Å². The Morgan fingerprint density at radius 1 is 1.67 bits per heavy atom. The molecule has 2 nitrogen and oxygen atoms in total. The average Bonchev–Trinajstić information content (AvgIpc) is 2.17. The Hall–Kier alpha value is -0.540. The number of thioether (sulfide) groups is 1. The fourth-order valence-electron chi connectivity index (χ4n) is 1.47. The number of nitrogens with zero attached hydrogens (tertiary/aromatic N) is 1. The van der Waals surface area contributed by atoms with Crippen molar-refractivity contribution in [3.05, 3.63) is 29.6 Å². The molecule has 0 aliphatic carbocycles. The van der Waals surface area contributed by atoms with Crippen molar-refractivity contribution in [1.82, 2.24) is 10.3 Å². The van der Waals surface area contributed by atoms with Crippen molar-refractivity contribution < 1.29 is 0 Å². The molecule has 1 aromatic heterocycles. The molecule has 0 radical (unpaired) electrons. The summed E-state index contributed by atoms with van der Waals surface area (Å²) in [5.41, 5.74) is 2.61. The van der Waals surface area contributed by atoms with Gasteiger partial charge in [0.1, 0.15) is 0 Å². The Balaban J connectivity index is 2.23. The maximum absolute atomic E-state index is 4.32. The lowest BCUT2D eigenvalue weighted by Gasteiger charge is -2.23. The van der Waals surface area contributed by atoms with E-state index in [0.717, 1.165) is 13.0 Å². The summed E-state index contributed by atoms with van der Waals surface area (Å²) in [4.78, 5) is 4.32. The van der Waals surface area contributed by atoms with E-state index in [2.05, 4.69) is 22.6 Å². The molecule has 2 rings (SSSR count). The first-order valence-electron chi connectivity index (χ1n) is 4.09. The Kier molecular flexibility index (Phi) is 2.33. The van der Waals surface area contributed by atoms with E-state index in [-0.39, 0.29) is 0 Å². The van der Waals surface area contributed by atoms with Crippen LogP contribution in [0.2, 0.25) is 0 Å². The number of hydrogen-bond acceptors (Lipinski definition) is 3. The van der Waals surface area contributed by atoms with Crippen LogP contribution in [0.1, 0.15) is 11.3 Å². The van der Waals surface area contributed by atoms with Gasteiger partial charge in [-0.3, -0.25) is 10.3 Å². The highest BCUT2D eigenvalue weighted by molar-refractivity contribution is 7.99. The molecule has 12 heavy (non-hydrogen) atoms. The molecule has 0 fully saturated rings. The molecule has 0 saturated carbocycles. The molecule has 0 saturated heterocycles. The largest absolute Gasteiger partial charge is 0.299 e. The number of pyridine rings is 1. The van der Waals surface area contributed by atoms with Gasteiger partial charge in [0.15, 0.2) is 0 Å². The minimum absolute atomic E-state index is 0.571. The van der Waals surface area contributed by atoms with Crippen LogP contribution in [0.5, 0.6) is 0 Å². The smallest absolute Gasteiger partial charge is 0.0574 e. The molecule has 2 heterocycles. The minimum atomic E-state index is 0.571.